The third kappa shape index (κ3) is 4.67. The van der Waals surface area contributed by atoms with Gasteiger partial charge in [0.25, 0.3) is 5.91 Å². The zero-order valence-corrected chi connectivity index (χ0v) is 18.4. The van der Waals surface area contributed by atoms with Crippen LogP contribution in [0.2, 0.25) is 5.02 Å². The molecule has 1 aliphatic rings. The highest BCUT2D eigenvalue weighted by atomic mass is 35.5. The average molecular weight is 455 g/mol. The van der Waals surface area contributed by atoms with E-state index >= 15 is 0 Å². The number of hydrogen-bond acceptors (Lipinski definition) is 4. The maximum atomic E-state index is 13.2. The first-order valence-electron chi connectivity index (χ1n) is 9.74. The molecule has 2 aromatic rings. The van der Waals surface area contributed by atoms with E-state index in [1.165, 1.54) is 34.6 Å². The lowest BCUT2D eigenvalue weighted by Gasteiger charge is -2.33. The molecule has 0 aliphatic carbocycles. The van der Waals surface area contributed by atoms with E-state index < -0.39 is 16.1 Å². The van der Waals surface area contributed by atoms with Gasteiger partial charge in [-0.25, -0.2) is 12.8 Å². The summed E-state index contributed by atoms with van der Waals surface area (Å²) in [6.45, 7) is 5.08. The highest BCUT2D eigenvalue weighted by Crippen LogP contribution is 2.27. The summed E-state index contributed by atoms with van der Waals surface area (Å²) >= 11 is 6.25. The predicted octanol–water partition coefficient (Wildman–Crippen LogP) is 3.72. The second-order valence-electron chi connectivity index (χ2n) is 6.89. The number of amides is 1. The van der Waals surface area contributed by atoms with Crippen molar-refractivity contribution in [3.63, 3.8) is 0 Å². The Morgan fingerprint density at radius 1 is 1.20 bits per heavy atom. The second kappa shape index (κ2) is 9.43. The molecule has 1 unspecified atom stereocenters. The van der Waals surface area contributed by atoms with Gasteiger partial charge in [-0.15, -0.1) is 0 Å². The van der Waals surface area contributed by atoms with Gasteiger partial charge in [0.15, 0.2) is 0 Å². The van der Waals surface area contributed by atoms with Crippen LogP contribution in [-0.4, -0.2) is 56.3 Å². The number of carbonyl (C=O) groups is 1. The van der Waals surface area contributed by atoms with Crippen LogP contribution in [0, 0.1) is 5.82 Å². The van der Waals surface area contributed by atoms with E-state index in [4.69, 9.17) is 16.3 Å². The van der Waals surface area contributed by atoms with Gasteiger partial charge in [-0.3, -0.25) is 4.79 Å². The molecule has 2 aromatic carbocycles. The number of ether oxygens (including phenoxy) is 1. The Morgan fingerprint density at radius 3 is 2.50 bits per heavy atom. The van der Waals surface area contributed by atoms with Gasteiger partial charge in [0, 0.05) is 19.6 Å². The average Bonchev–Trinajstić information content (AvgIpc) is 2.74. The number of sulfonamides is 1. The van der Waals surface area contributed by atoms with Crippen LogP contribution in [0.3, 0.4) is 0 Å². The minimum absolute atomic E-state index is 0.0299. The Bertz CT molecular complexity index is 1010. The molecule has 162 valence electrons. The van der Waals surface area contributed by atoms with Crippen molar-refractivity contribution in [2.45, 2.75) is 24.8 Å². The smallest absolute Gasteiger partial charge is 0.255 e. The third-order valence-corrected chi connectivity index (χ3v) is 7.48. The number of morpholine rings is 1. The number of nitrogens with zero attached hydrogens (tertiary/aromatic N) is 2. The van der Waals surface area contributed by atoms with Crippen molar-refractivity contribution in [1.82, 2.24) is 9.21 Å². The minimum atomic E-state index is -3.72. The largest absolute Gasteiger partial charge is 0.370 e. The third-order valence-electron chi connectivity index (χ3n) is 5.11. The molecule has 3 rings (SSSR count). The van der Waals surface area contributed by atoms with Crippen molar-refractivity contribution in [2.75, 3.05) is 32.8 Å². The molecule has 9 heteroatoms. The topological polar surface area (TPSA) is 66.9 Å². The monoisotopic (exact) mass is 454 g/mol. The zero-order chi connectivity index (χ0) is 21.9. The van der Waals surface area contributed by atoms with Crippen molar-refractivity contribution in [2.24, 2.45) is 0 Å². The molecule has 1 aliphatic heterocycles. The van der Waals surface area contributed by atoms with Gasteiger partial charge in [0.1, 0.15) is 11.9 Å². The van der Waals surface area contributed by atoms with Crippen molar-refractivity contribution in [3.05, 3.63) is 64.4 Å². The van der Waals surface area contributed by atoms with E-state index in [1.807, 2.05) is 0 Å². The van der Waals surface area contributed by atoms with Crippen molar-refractivity contribution in [1.29, 1.82) is 0 Å². The van der Waals surface area contributed by atoms with E-state index in [9.17, 15) is 17.6 Å². The van der Waals surface area contributed by atoms with Crippen LogP contribution in [-0.2, 0) is 14.8 Å². The van der Waals surface area contributed by atoms with Gasteiger partial charge in [-0.2, -0.15) is 4.31 Å². The minimum Gasteiger partial charge on any atom is -0.370 e. The number of hydrogen-bond donors (Lipinski definition) is 0. The first-order valence-corrected chi connectivity index (χ1v) is 11.6. The SMILES string of the molecule is CCN(CC)S(=O)(=O)c1ccc(Cl)c(C(=O)N2CCOC(c3ccc(F)cc3)C2)c1. The Labute approximate surface area is 181 Å². The predicted molar refractivity (Wildman–Crippen MR) is 113 cm³/mol. The summed E-state index contributed by atoms with van der Waals surface area (Å²) in [5, 5.41) is 0.184. The first kappa shape index (κ1) is 22.7. The molecule has 0 radical (unpaired) electrons. The Hall–Kier alpha value is -2.00. The van der Waals surface area contributed by atoms with Gasteiger partial charge >= 0.3 is 0 Å². The number of halogens is 2. The summed E-state index contributed by atoms with van der Waals surface area (Å²) in [5.41, 5.74) is 0.891. The van der Waals surface area contributed by atoms with Crippen molar-refractivity contribution < 1.29 is 22.3 Å². The van der Waals surface area contributed by atoms with E-state index in [0.717, 1.165) is 5.56 Å². The van der Waals surface area contributed by atoms with Crippen molar-refractivity contribution >= 4 is 27.5 Å². The zero-order valence-electron chi connectivity index (χ0n) is 16.8. The van der Waals surface area contributed by atoms with Gasteiger partial charge in [0.2, 0.25) is 10.0 Å². The van der Waals surface area contributed by atoms with Gasteiger partial charge in [-0.1, -0.05) is 37.6 Å². The highest BCUT2D eigenvalue weighted by Gasteiger charge is 2.29. The fourth-order valence-corrected chi connectivity index (χ4v) is 5.11. The van der Waals surface area contributed by atoms with Crippen LogP contribution in [0.5, 0.6) is 0 Å². The van der Waals surface area contributed by atoms with E-state index in [-0.39, 0.29) is 33.8 Å². The fraction of sp³-hybridized carbons (Fsp3) is 0.381. The molecule has 1 atom stereocenters. The molecule has 30 heavy (non-hydrogen) atoms. The normalized spacial score (nSPS) is 17.4. The molecule has 0 bridgehead atoms. The quantitative estimate of drug-likeness (QED) is 0.667. The molecule has 0 saturated carbocycles. The fourth-order valence-electron chi connectivity index (χ4n) is 3.42. The maximum Gasteiger partial charge on any atom is 0.255 e. The Balaban J connectivity index is 1.86. The van der Waals surface area contributed by atoms with Crippen molar-refractivity contribution in [3.8, 4) is 0 Å². The lowest BCUT2D eigenvalue weighted by molar-refractivity contribution is -0.0228. The van der Waals surface area contributed by atoms with Crippen LogP contribution in [0.15, 0.2) is 47.4 Å². The number of carbonyl (C=O) groups excluding carboxylic acids is 1. The molecule has 1 heterocycles. The molecular weight excluding hydrogens is 431 g/mol. The lowest BCUT2D eigenvalue weighted by Crippen LogP contribution is -2.42. The summed E-state index contributed by atoms with van der Waals surface area (Å²) in [4.78, 5) is 14.8. The van der Waals surface area contributed by atoms with Gasteiger partial charge in [-0.05, 0) is 35.9 Å². The molecule has 1 fully saturated rings. The molecule has 0 N–H and O–H groups in total. The number of benzene rings is 2. The summed E-state index contributed by atoms with van der Waals surface area (Å²) < 4.78 is 45.9. The van der Waals surface area contributed by atoms with Crippen LogP contribution >= 0.6 is 11.6 Å². The van der Waals surface area contributed by atoms with E-state index in [1.54, 1.807) is 30.9 Å². The molecule has 0 aromatic heterocycles. The Morgan fingerprint density at radius 2 is 1.87 bits per heavy atom. The standard InChI is InChI=1S/C21H24ClFN2O4S/c1-3-25(4-2)30(27,28)17-9-10-19(22)18(13-17)21(26)24-11-12-29-20(14-24)15-5-7-16(23)8-6-15/h5-10,13,20H,3-4,11-12,14H2,1-2H3. The summed E-state index contributed by atoms with van der Waals surface area (Å²) in [6.07, 6.45) is -0.398. The van der Waals surface area contributed by atoms with Gasteiger partial charge < -0.3 is 9.64 Å². The first-order chi connectivity index (χ1) is 14.3. The van der Waals surface area contributed by atoms with E-state index in [0.29, 0.717) is 26.2 Å². The summed E-state index contributed by atoms with van der Waals surface area (Å²) in [7, 11) is -3.72. The summed E-state index contributed by atoms with van der Waals surface area (Å²) in [6, 6.07) is 10.1. The van der Waals surface area contributed by atoms with Crippen LogP contribution in [0.4, 0.5) is 4.39 Å². The summed E-state index contributed by atoms with van der Waals surface area (Å²) in [5.74, 6) is -0.715. The molecule has 0 spiro atoms. The molecular formula is C21H24ClFN2O4S. The molecule has 1 saturated heterocycles. The molecule has 1 amide bonds. The van der Waals surface area contributed by atoms with Crippen LogP contribution in [0.25, 0.3) is 0 Å². The second-order valence-corrected chi connectivity index (χ2v) is 9.24. The maximum absolute atomic E-state index is 13.2. The molecule has 6 nitrogen and oxygen atoms in total. The lowest BCUT2D eigenvalue weighted by atomic mass is 10.1. The van der Waals surface area contributed by atoms with Crippen LogP contribution < -0.4 is 0 Å². The Kier molecular flexibility index (Phi) is 7.13. The van der Waals surface area contributed by atoms with Crippen LogP contribution in [0.1, 0.15) is 35.9 Å². The van der Waals surface area contributed by atoms with Gasteiger partial charge in [0.05, 0.1) is 28.6 Å². The highest BCUT2D eigenvalue weighted by molar-refractivity contribution is 7.89. The number of rotatable bonds is 6. The van der Waals surface area contributed by atoms with E-state index in [2.05, 4.69) is 0 Å².